The molecule has 2 aliphatic heterocycles. The molecular formula is C42H51F2N5O8PS3+. The lowest BCUT2D eigenvalue weighted by molar-refractivity contribution is -0.582. The molecule has 61 heavy (non-hydrogen) atoms. The number of primary amides is 1. The first kappa shape index (κ1) is 46.9. The number of carbonyl (C=O) groups is 5. The number of alkyl halides is 2. The summed E-state index contributed by atoms with van der Waals surface area (Å²) in [5.74, 6) is -0.950. The Morgan fingerprint density at radius 1 is 0.918 bits per heavy atom. The zero-order valence-electron chi connectivity index (χ0n) is 34.4. The van der Waals surface area contributed by atoms with Crippen LogP contribution in [0.3, 0.4) is 0 Å². The van der Waals surface area contributed by atoms with Gasteiger partial charge in [-0.05, 0) is 86.4 Å². The summed E-state index contributed by atoms with van der Waals surface area (Å²) in [7, 11) is -3.52. The average Bonchev–Trinajstić information content (AvgIpc) is 3.88. The Hall–Kier alpha value is -3.64. The third-order valence-electron chi connectivity index (χ3n) is 10.8. The number of fused-ring (bicyclic) bond motifs is 3. The van der Waals surface area contributed by atoms with Gasteiger partial charge in [-0.1, -0.05) is 49.9 Å². The number of likely N-dealkylation sites (N-methyl/N-ethyl adjacent to an activating group) is 1. The number of halogens is 2. The van der Waals surface area contributed by atoms with Crippen LogP contribution >= 0.6 is 42.5 Å². The second-order valence-corrected chi connectivity index (χ2v) is 20.6. The number of aromatic nitrogens is 2. The molecule has 0 aliphatic carbocycles. The molecule has 0 radical (unpaired) electrons. The van der Waals surface area contributed by atoms with Gasteiger partial charge in [0.2, 0.25) is 5.91 Å². The summed E-state index contributed by atoms with van der Waals surface area (Å²) in [6.45, 7) is 2.81. The summed E-state index contributed by atoms with van der Waals surface area (Å²) in [6.07, 6.45) is 7.35. The predicted molar refractivity (Wildman–Crippen MR) is 235 cm³/mol. The van der Waals surface area contributed by atoms with Crippen LogP contribution in [0.15, 0.2) is 54.7 Å². The number of hydrogen-bond acceptors (Lipinski definition) is 13. The highest BCUT2D eigenvalue weighted by Gasteiger charge is 2.55. The Morgan fingerprint density at radius 2 is 1.61 bits per heavy atom. The van der Waals surface area contributed by atoms with E-state index >= 15 is 8.78 Å². The minimum atomic E-state index is -5.21. The molecule has 0 saturated carbocycles. The number of thiophene rings is 1. The van der Waals surface area contributed by atoms with Crippen LogP contribution in [0.1, 0.15) is 93.3 Å². The number of anilines is 1. The SMILES string of the molecule is CCCC(=O)SCCOP(=O)(OCCSC(=O)CCC)C(F)(F)c1ccc2sc(C(=O)[NH2+]C3CCCCC4CC[C@@H](C(=O)N(C)c5ccc6nnccc6c5)N4C3=O)cc2c1. The summed E-state index contributed by atoms with van der Waals surface area (Å²) >= 11 is 2.89. The Labute approximate surface area is 366 Å². The number of benzene rings is 2. The van der Waals surface area contributed by atoms with Gasteiger partial charge < -0.3 is 18.8 Å². The molecule has 2 N–H and O–H groups in total. The van der Waals surface area contributed by atoms with Gasteiger partial charge in [0.25, 0.3) is 5.91 Å². The Bertz CT molecular complexity index is 2270. The van der Waals surface area contributed by atoms with Crippen molar-refractivity contribution in [3.63, 3.8) is 0 Å². The van der Waals surface area contributed by atoms with Gasteiger partial charge in [-0.3, -0.25) is 29.1 Å². The smallest absolute Gasteiger partial charge is 0.323 e. The van der Waals surface area contributed by atoms with Crippen molar-refractivity contribution in [2.45, 2.75) is 102 Å². The largest absolute Gasteiger partial charge is 0.404 e. The van der Waals surface area contributed by atoms with E-state index in [1.54, 1.807) is 35.2 Å². The third kappa shape index (κ3) is 11.1. The topological polar surface area (TPSA) is 170 Å². The van der Waals surface area contributed by atoms with Gasteiger partial charge in [0.1, 0.15) is 10.9 Å². The lowest BCUT2D eigenvalue weighted by Crippen LogP contribution is -2.96. The second kappa shape index (κ2) is 21.2. The van der Waals surface area contributed by atoms with Crippen molar-refractivity contribution in [1.29, 1.82) is 0 Å². The molecular weight excluding hydrogens is 868 g/mol. The minimum absolute atomic E-state index is 0.00483. The van der Waals surface area contributed by atoms with Crippen LogP contribution in [0.2, 0.25) is 0 Å². The maximum atomic E-state index is 16.3. The molecule has 2 unspecified atom stereocenters. The molecule has 3 atom stereocenters. The summed E-state index contributed by atoms with van der Waals surface area (Å²) in [4.78, 5) is 69.7. The Morgan fingerprint density at radius 3 is 2.30 bits per heavy atom. The molecule has 0 bridgehead atoms. The van der Waals surface area contributed by atoms with Crippen molar-refractivity contribution in [3.05, 3.63) is 65.2 Å². The molecule has 6 rings (SSSR count). The lowest BCUT2D eigenvalue weighted by atomic mass is 9.99. The van der Waals surface area contributed by atoms with Crippen LogP contribution in [-0.4, -0.2) is 92.9 Å². The molecule has 2 fully saturated rings. The van der Waals surface area contributed by atoms with E-state index in [0.717, 1.165) is 71.6 Å². The van der Waals surface area contributed by atoms with E-state index in [1.165, 1.54) is 17.4 Å². The first-order valence-electron chi connectivity index (χ1n) is 20.6. The van der Waals surface area contributed by atoms with Crippen LogP contribution in [0.5, 0.6) is 0 Å². The zero-order valence-corrected chi connectivity index (χ0v) is 37.7. The van der Waals surface area contributed by atoms with Crippen molar-refractivity contribution in [1.82, 2.24) is 15.1 Å². The number of nitrogens with two attached hydrogens (primary N) is 1. The fourth-order valence-electron chi connectivity index (χ4n) is 7.64. The van der Waals surface area contributed by atoms with Crippen molar-refractivity contribution in [3.8, 4) is 0 Å². The summed E-state index contributed by atoms with van der Waals surface area (Å²) < 4.78 is 57.7. The normalized spacial score (nSPS) is 18.5. The van der Waals surface area contributed by atoms with E-state index in [1.807, 2.05) is 26.0 Å². The first-order valence-corrected chi connectivity index (χ1v) is 24.9. The standard InChI is InChI=1S/C42H50F2N5O8PS3/c1-4-8-37(50)59-22-20-56-58(55,57-21-23-60-38(51)9-5-2)42(43,44)29-12-17-35-28(24-29)26-36(61-35)39(52)46-33-11-7-6-10-30-14-16-34(49(30)40(33)53)41(54)48(3)31-13-15-32-27(25-31)18-19-45-47-32/h12-13,15,17-19,24-26,30,33-34H,4-11,14,16,20-23H2,1-3H3,(H,46,52)/p+1/t30?,33?,34-/m0/s1. The zero-order chi connectivity index (χ0) is 43.7. The number of carbonyl (C=O) groups excluding carboxylic acids is 5. The molecule has 2 aromatic heterocycles. The number of quaternary nitrogens is 1. The van der Waals surface area contributed by atoms with E-state index in [0.29, 0.717) is 66.2 Å². The van der Waals surface area contributed by atoms with Crippen LogP contribution in [-0.2, 0) is 38.5 Å². The minimum Gasteiger partial charge on any atom is -0.323 e. The van der Waals surface area contributed by atoms with E-state index in [9.17, 15) is 28.5 Å². The summed E-state index contributed by atoms with van der Waals surface area (Å²) in [6, 6.07) is 10.8. The van der Waals surface area contributed by atoms with Gasteiger partial charge in [-0.2, -0.15) is 19.0 Å². The second-order valence-electron chi connectivity index (χ2n) is 15.1. The fourth-order valence-corrected chi connectivity index (χ4v) is 11.9. The molecule has 2 saturated heterocycles. The van der Waals surface area contributed by atoms with E-state index < -0.39 is 50.0 Å². The number of rotatable bonds is 18. The van der Waals surface area contributed by atoms with Gasteiger partial charge >= 0.3 is 19.2 Å². The molecule has 3 amide bonds. The highest BCUT2D eigenvalue weighted by molar-refractivity contribution is 8.13. The van der Waals surface area contributed by atoms with Gasteiger partial charge in [0.15, 0.2) is 16.3 Å². The van der Waals surface area contributed by atoms with Crippen LogP contribution in [0, 0.1) is 0 Å². The Kier molecular flexibility index (Phi) is 16.2. The van der Waals surface area contributed by atoms with Gasteiger partial charge in [0, 0.05) is 65.2 Å². The number of amides is 3. The molecule has 13 nitrogen and oxygen atoms in total. The summed E-state index contributed by atoms with van der Waals surface area (Å²) in [5, 5.41) is 10.3. The van der Waals surface area contributed by atoms with Crippen LogP contribution in [0.25, 0.3) is 21.0 Å². The molecule has 328 valence electrons. The Balaban J connectivity index is 1.16. The van der Waals surface area contributed by atoms with Crippen LogP contribution < -0.4 is 10.2 Å². The van der Waals surface area contributed by atoms with Crippen molar-refractivity contribution < 1.29 is 51.7 Å². The number of hydrogen-bond donors (Lipinski definition) is 1. The predicted octanol–water partition coefficient (Wildman–Crippen LogP) is 7.91. The molecule has 2 aromatic carbocycles. The highest BCUT2D eigenvalue weighted by atomic mass is 32.2. The number of nitrogens with zero attached hydrogens (tertiary/aromatic N) is 4. The quantitative estimate of drug-likeness (QED) is 0.0758. The first-order chi connectivity index (χ1) is 29.3. The van der Waals surface area contributed by atoms with E-state index in [4.69, 9.17) is 9.05 Å². The van der Waals surface area contributed by atoms with Gasteiger partial charge in [-0.15, -0.1) is 11.3 Å². The van der Waals surface area contributed by atoms with Crippen molar-refractivity contribution in [2.24, 2.45) is 0 Å². The van der Waals surface area contributed by atoms with E-state index in [-0.39, 0.29) is 44.5 Å². The third-order valence-corrected chi connectivity index (χ3v) is 15.7. The van der Waals surface area contributed by atoms with E-state index in [2.05, 4.69) is 10.2 Å². The van der Waals surface area contributed by atoms with Gasteiger partial charge in [0.05, 0.1) is 24.9 Å². The highest BCUT2D eigenvalue weighted by Crippen LogP contribution is 2.67. The molecule has 4 aromatic rings. The number of thioether (sulfide) groups is 2. The fraction of sp³-hybridized carbons (Fsp3) is 0.500. The lowest BCUT2D eigenvalue weighted by Gasteiger charge is -2.35. The monoisotopic (exact) mass is 918 g/mol. The van der Waals surface area contributed by atoms with Gasteiger partial charge in [-0.25, -0.2) is 4.79 Å². The molecule has 4 heterocycles. The summed E-state index contributed by atoms with van der Waals surface area (Å²) in [5.41, 5.74) is -3.43. The molecule has 19 heteroatoms. The van der Waals surface area contributed by atoms with Crippen molar-refractivity contribution in [2.75, 3.05) is 36.7 Å². The molecule has 0 spiro atoms. The van der Waals surface area contributed by atoms with Crippen molar-refractivity contribution >= 4 is 97.1 Å². The average molecular weight is 919 g/mol. The van der Waals surface area contributed by atoms with Crippen LogP contribution in [0.4, 0.5) is 14.5 Å². The maximum absolute atomic E-state index is 16.3. The maximum Gasteiger partial charge on any atom is 0.404 e. The molecule has 2 aliphatic rings.